The lowest BCUT2D eigenvalue weighted by Crippen LogP contribution is -1.96. The molecular formula is C14H13BrN2O3. The molecule has 2 aromatic rings. The number of nitrogens with zero attached hydrogens (tertiary/aromatic N) is 2. The largest absolute Gasteiger partial charge is 0.432 e. The summed E-state index contributed by atoms with van der Waals surface area (Å²) in [5.74, 6) is 0.536. The van der Waals surface area contributed by atoms with Gasteiger partial charge in [-0.1, -0.05) is 35.0 Å². The van der Waals surface area contributed by atoms with Crippen LogP contribution in [0.1, 0.15) is 18.1 Å². The first-order chi connectivity index (χ1) is 9.63. The van der Waals surface area contributed by atoms with Gasteiger partial charge in [-0.2, -0.15) is 0 Å². The molecule has 0 aliphatic heterocycles. The number of rotatable bonds is 5. The average Bonchev–Trinajstić information content (AvgIpc) is 2.48. The number of ether oxygens (including phenoxy) is 1. The highest BCUT2D eigenvalue weighted by molar-refractivity contribution is 9.08. The van der Waals surface area contributed by atoms with Gasteiger partial charge >= 0.3 is 5.69 Å². The van der Waals surface area contributed by atoms with Gasteiger partial charge in [-0.15, -0.1) is 0 Å². The summed E-state index contributed by atoms with van der Waals surface area (Å²) in [4.78, 5) is 14.7. The van der Waals surface area contributed by atoms with Gasteiger partial charge in [0.05, 0.1) is 4.92 Å². The van der Waals surface area contributed by atoms with Crippen LogP contribution >= 0.6 is 15.9 Å². The number of nitro benzene ring substituents is 1. The normalized spacial score (nSPS) is 10.3. The van der Waals surface area contributed by atoms with Crippen LogP contribution in [0.5, 0.6) is 11.6 Å². The Morgan fingerprint density at radius 3 is 2.60 bits per heavy atom. The van der Waals surface area contributed by atoms with Crippen LogP contribution in [0.3, 0.4) is 0 Å². The van der Waals surface area contributed by atoms with Gasteiger partial charge in [0.15, 0.2) is 0 Å². The second-order valence-electron chi connectivity index (χ2n) is 4.15. The van der Waals surface area contributed by atoms with Crippen molar-refractivity contribution in [3.05, 3.63) is 57.8 Å². The number of halogens is 1. The van der Waals surface area contributed by atoms with Gasteiger partial charge in [0.1, 0.15) is 0 Å². The fraction of sp³-hybridized carbons (Fsp3) is 0.214. The third kappa shape index (κ3) is 3.33. The second kappa shape index (κ2) is 6.47. The predicted octanol–water partition coefficient (Wildman–Crippen LogP) is 4.24. The van der Waals surface area contributed by atoms with Crippen LogP contribution in [-0.4, -0.2) is 9.91 Å². The number of pyridine rings is 1. The summed E-state index contributed by atoms with van der Waals surface area (Å²) in [5, 5.41) is 11.8. The zero-order chi connectivity index (χ0) is 14.5. The molecule has 0 atom stereocenters. The molecule has 6 heteroatoms. The summed E-state index contributed by atoms with van der Waals surface area (Å²) in [7, 11) is 0. The number of aryl methyl sites for hydroxylation is 1. The highest BCUT2D eigenvalue weighted by Gasteiger charge is 2.16. The van der Waals surface area contributed by atoms with E-state index in [-0.39, 0.29) is 11.4 Å². The lowest BCUT2D eigenvalue weighted by atomic mass is 10.1. The van der Waals surface area contributed by atoms with E-state index in [4.69, 9.17) is 4.74 Å². The Morgan fingerprint density at radius 2 is 2.05 bits per heavy atom. The van der Waals surface area contributed by atoms with Crippen molar-refractivity contribution in [3.63, 3.8) is 0 Å². The standard InChI is InChI=1S/C14H13BrN2O3/c1-2-10-3-5-13(12(7-10)17(18)19)20-14-6-4-11(8-15)9-16-14/h3-7,9H,2,8H2,1H3. The molecule has 0 spiro atoms. The van der Waals surface area contributed by atoms with Crippen molar-refractivity contribution >= 4 is 21.6 Å². The molecule has 1 aromatic heterocycles. The number of hydrogen-bond acceptors (Lipinski definition) is 4. The molecule has 104 valence electrons. The number of aromatic nitrogens is 1. The van der Waals surface area contributed by atoms with E-state index in [0.29, 0.717) is 11.2 Å². The van der Waals surface area contributed by atoms with Crippen molar-refractivity contribution in [2.75, 3.05) is 0 Å². The topological polar surface area (TPSA) is 65.3 Å². The molecule has 0 aliphatic carbocycles. The molecule has 0 N–H and O–H groups in total. The molecule has 0 saturated heterocycles. The Labute approximate surface area is 124 Å². The first-order valence-corrected chi connectivity index (χ1v) is 7.22. The van der Waals surface area contributed by atoms with Crippen LogP contribution in [0, 0.1) is 10.1 Å². The summed E-state index contributed by atoms with van der Waals surface area (Å²) in [6.07, 6.45) is 2.40. The number of benzene rings is 1. The maximum atomic E-state index is 11.1. The summed E-state index contributed by atoms with van der Waals surface area (Å²) in [5.41, 5.74) is 1.86. The molecular weight excluding hydrogens is 324 g/mol. The molecule has 0 fully saturated rings. The van der Waals surface area contributed by atoms with E-state index in [0.717, 1.165) is 17.5 Å². The van der Waals surface area contributed by atoms with E-state index in [2.05, 4.69) is 20.9 Å². The van der Waals surface area contributed by atoms with E-state index in [1.54, 1.807) is 18.3 Å². The molecule has 0 radical (unpaired) electrons. The molecule has 0 saturated carbocycles. The summed E-state index contributed by atoms with van der Waals surface area (Å²) < 4.78 is 5.50. The molecule has 2 rings (SSSR count). The highest BCUT2D eigenvalue weighted by atomic mass is 79.9. The van der Waals surface area contributed by atoms with Gasteiger partial charge in [0.2, 0.25) is 11.6 Å². The Balaban J connectivity index is 2.29. The summed E-state index contributed by atoms with van der Waals surface area (Å²) >= 11 is 3.33. The van der Waals surface area contributed by atoms with Crippen molar-refractivity contribution in [3.8, 4) is 11.6 Å². The number of nitro groups is 1. The van der Waals surface area contributed by atoms with Crippen molar-refractivity contribution in [2.45, 2.75) is 18.7 Å². The lowest BCUT2D eigenvalue weighted by molar-refractivity contribution is -0.385. The van der Waals surface area contributed by atoms with Crippen molar-refractivity contribution in [1.82, 2.24) is 4.98 Å². The Hall–Kier alpha value is -1.95. The van der Waals surface area contributed by atoms with E-state index >= 15 is 0 Å². The maximum Gasteiger partial charge on any atom is 0.311 e. The molecule has 1 aromatic carbocycles. The van der Waals surface area contributed by atoms with E-state index in [1.807, 2.05) is 19.1 Å². The SMILES string of the molecule is CCc1ccc(Oc2ccc(CBr)cn2)c([N+](=O)[O-])c1. The zero-order valence-corrected chi connectivity index (χ0v) is 12.5. The fourth-order valence-electron chi connectivity index (χ4n) is 1.67. The van der Waals surface area contributed by atoms with Gasteiger partial charge in [0, 0.05) is 23.7 Å². The predicted molar refractivity (Wildman–Crippen MR) is 79.4 cm³/mol. The minimum atomic E-state index is -0.443. The lowest BCUT2D eigenvalue weighted by Gasteiger charge is -2.07. The smallest absolute Gasteiger partial charge is 0.311 e. The summed E-state index contributed by atoms with van der Waals surface area (Å²) in [6.45, 7) is 1.94. The van der Waals surface area contributed by atoms with Crippen LogP contribution in [0.2, 0.25) is 0 Å². The monoisotopic (exact) mass is 336 g/mol. The van der Waals surface area contributed by atoms with E-state index in [1.165, 1.54) is 6.07 Å². The Bertz CT molecular complexity index is 614. The molecule has 5 nitrogen and oxygen atoms in total. The quantitative estimate of drug-likeness (QED) is 0.465. The average molecular weight is 337 g/mol. The summed E-state index contributed by atoms with van der Waals surface area (Å²) in [6, 6.07) is 8.49. The van der Waals surface area contributed by atoms with Crippen molar-refractivity contribution < 1.29 is 9.66 Å². The van der Waals surface area contributed by atoms with Crippen LogP contribution in [0.4, 0.5) is 5.69 Å². The fourth-order valence-corrected chi connectivity index (χ4v) is 2.01. The minimum absolute atomic E-state index is 0.0456. The van der Waals surface area contributed by atoms with Crippen LogP contribution < -0.4 is 4.74 Å². The third-order valence-electron chi connectivity index (χ3n) is 2.79. The van der Waals surface area contributed by atoms with Crippen molar-refractivity contribution in [2.24, 2.45) is 0 Å². The second-order valence-corrected chi connectivity index (χ2v) is 4.71. The highest BCUT2D eigenvalue weighted by Crippen LogP contribution is 2.31. The molecule has 20 heavy (non-hydrogen) atoms. The number of alkyl halides is 1. The first kappa shape index (κ1) is 14.5. The zero-order valence-electron chi connectivity index (χ0n) is 10.9. The van der Waals surface area contributed by atoms with Gasteiger partial charge in [-0.25, -0.2) is 4.98 Å². The Kier molecular flexibility index (Phi) is 4.68. The van der Waals surface area contributed by atoms with E-state index in [9.17, 15) is 10.1 Å². The van der Waals surface area contributed by atoms with Gasteiger partial charge in [-0.05, 0) is 23.6 Å². The van der Waals surface area contributed by atoms with E-state index < -0.39 is 4.92 Å². The third-order valence-corrected chi connectivity index (χ3v) is 3.44. The molecule has 0 unspecified atom stereocenters. The van der Waals surface area contributed by atoms with Crippen molar-refractivity contribution in [1.29, 1.82) is 0 Å². The first-order valence-electron chi connectivity index (χ1n) is 6.10. The van der Waals surface area contributed by atoms with Gasteiger partial charge in [-0.3, -0.25) is 10.1 Å². The van der Waals surface area contributed by atoms with Crippen LogP contribution in [-0.2, 0) is 11.8 Å². The minimum Gasteiger partial charge on any atom is -0.432 e. The molecule has 1 heterocycles. The number of hydrogen-bond donors (Lipinski definition) is 0. The van der Waals surface area contributed by atoms with Gasteiger partial charge < -0.3 is 4.74 Å². The molecule has 0 amide bonds. The van der Waals surface area contributed by atoms with Crippen LogP contribution in [0.25, 0.3) is 0 Å². The molecule has 0 bridgehead atoms. The Morgan fingerprint density at radius 1 is 1.30 bits per heavy atom. The van der Waals surface area contributed by atoms with Crippen LogP contribution in [0.15, 0.2) is 36.5 Å². The van der Waals surface area contributed by atoms with Gasteiger partial charge in [0.25, 0.3) is 0 Å². The maximum absolute atomic E-state index is 11.1. The molecule has 0 aliphatic rings.